The first kappa shape index (κ1) is 19.8. The van der Waals surface area contributed by atoms with Crippen molar-refractivity contribution >= 4 is 34.7 Å². The number of thioether (sulfide) groups is 1. The second-order valence-electron chi connectivity index (χ2n) is 8.45. The Labute approximate surface area is 183 Å². The molecule has 3 atom stereocenters. The highest BCUT2D eigenvalue weighted by Gasteiger charge is 2.73. The number of carbonyl (C=O) groups is 1. The molecule has 2 N–H and O–H groups in total. The van der Waals surface area contributed by atoms with Gasteiger partial charge in [0.2, 0.25) is 5.91 Å². The first-order valence-electron chi connectivity index (χ1n) is 9.92. The fourth-order valence-corrected chi connectivity index (χ4v) is 6.25. The average molecular weight is 434 g/mol. The van der Waals surface area contributed by atoms with Crippen molar-refractivity contribution in [3.8, 4) is 6.07 Å². The summed E-state index contributed by atoms with van der Waals surface area (Å²) in [5.41, 5.74) is 9.07. The second-order valence-corrected chi connectivity index (χ2v) is 9.80. The summed E-state index contributed by atoms with van der Waals surface area (Å²) in [5.74, 6) is -0.324. The van der Waals surface area contributed by atoms with Crippen molar-refractivity contribution in [2.75, 3.05) is 14.1 Å². The van der Waals surface area contributed by atoms with Gasteiger partial charge < -0.3 is 10.6 Å². The molecule has 1 spiro atoms. The zero-order chi connectivity index (χ0) is 22.0. The Morgan fingerprint density at radius 1 is 1.39 bits per heavy atom. The van der Waals surface area contributed by atoms with Gasteiger partial charge in [0, 0.05) is 32.6 Å². The third-order valence-corrected chi connectivity index (χ3v) is 7.63. The van der Waals surface area contributed by atoms with Crippen molar-refractivity contribution in [1.82, 2.24) is 9.88 Å². The van der Waals surface area contributed by atoms with E-state index in [-0.39, 0.29) is 17.5 Å². The van der Waals surface area contributed by atoms with Gasteiger partial charge in [-0.25, -0.2) is 4.39 Å². The summed E-state index contributed by atoms with van der Waals surface area (Å²) >= 11 is 1.37. The molecule has 1 aromatic carbocycles. The number of benzene rings is 1. The quantitative estimate of drug-likeness (QED) is 0.803. The van der Waals surface area contributed by atoms with Crippen LogP contribution in [0.5, 0.6) is 0 Å². The predicted octanol–water partition coefficient (Wildman–Crippen LogP) is 3.08. The van der Waals surface area contributed by atoms with Gasteiger partial charge in [-0.15, -0.1) is 0 Å². The molecule has 0 saturated heterocycles. The molecular formula is C23H20FN5OS. The number of amides is 1. The minimum absolute atomic E-state index is 0.0714. The molecule has 2 aliphatic carbocycles. The van der Waals surface area contributed by atoms with Crippen LogP contribution in [-0.4, -0.2) is 39.8 Å². The molecule has 2 heterocycles. The molecule has 0 radical (unpaired) electrons. The molecule has 1 fully saturated rings. The maximum atomic E-state index is 14.8. The van der Waals surface area contributed by atoms with Crippen molar-refractivity contribution < 1.29 is 9.18 Å². The molecule has 2 aromatic rings. The van der Waals surface area contributed by atoms with Gasteiger partial charge in [-0.2, -0.15) is 5.26 Å². The summed E-state index contributed by atoms with van der Waals surface area (Å²) in [6.45, 7) is 0. The van der Waals surface area contributed by atoms with Gasteiger partial charge >= 0.3 is 0 Å². The topological polar surface area (TPSA) is 95.4 Å². The van der Waals surface area contributed by atoms with Gasteiger partial charge in [-0.1, -0.05) is 23.9 Å². The van der Waals surface area contributed by atoms with Crippen LogP contribution in [0.25, 0.3) is 11.9 Å². The summed E-state index contributed by atoms with van der Waals surface area (Å²) in [4.78, 5) is 23.3. The molecule has 3 aliphatic rings. The Morgan fingerprint density at radius 2 is 2.19 bits per heavy atom. The molecule has 1 saturated carbocycles. The molecule has 31 heavy (non-hydrogen) atoms. The summed E-state index contributed by atoms with van der Waals surface area (Å²) in [6.07, 6.45) is 4.25. The van der Waals surface area contributed by atoms with Crippen LogP contribution in [0.4, 0.5) is 4.39 Å². The number of nitriles is 1. The lowest BCUT2D eigenvalue weighted by Gasteiger charge is -2.45. The lowest BCUT2D eigenvalue weighted by Crippen LogP contribution is -2.49. The van der Waals surface area contributed by atoms with E-state index in [2.05, 4.69) is 4.98 Å². The number of fused-ring (bicyclic) bond motifs is 4. The normalized spacial score (nSPS) is 28.0. The number of rotatable bonds is 3. The predicted molar refractivity (Wildman–Crippen MR) is 119 cm³/mol. The van der Waals surface area contributed by atoms with Crippen LogP contribution < -0.4 is 5.73 Å². The van der Waals surface area contributed by atoms with Crippen LogP contribution in [-0.2, 0) is 16.8 Å². The molecule has 6 nitrogen and oxygen atoms in total. The van der Waals surface area contributed by atoms with Crippen molar-refractivity contribution in [1.29, 1.82) is 5.26 Å². The third kappa shape index (κ3) is 2.87. The zero-order valence-electron chi connectivity index (χ0n) is 17.1. The van der Waals surface area contributed by atoms with Crippen molar-refractivity contribution in [3.05, 3.63) is 64.5 Å². The number of halogens is 1. The van der Waals surface area contributed by atoms with E-state index in [4.69, 9.17) is 16.0 Å². The molecule has 156 valence electrons. The molecule has 8 heteroatoms. The number of nitrogens with zero attached hydrogens (tertiary/aromatic N) is 4. The minimum atomic E-state index is -0.545. The highest BCUT2D eigenvalue weighted by Crippen LogP contribution is 2.69. The van der Waals surface area contributed by atoms with E-state index in [1.807, 2.05) is 24.3 Å². The summed E-state index contributed by atoms with van der Waals surface area (Å²) in [7, 11) is 3.53. The number of hydrogen-bond donors (Lipinski definition) is 1. The maximum absolute atomic E-state index is 14.8. The van der Waals surface area contributed by atoms with Crippen molar-refractivity contribution in [3.63, 3.8) is 0 Å². The molecule has 1 aromatic heterocycles. The fourth-order valence-electron chi connectivity index (χ4n) is 4.81. The summed E-state index contributed by atoms with van der Waals surface area (Å²) < 4.78 is 14.2. The Kier molecular flexibility index (Phi) is 4.25. The van der Waals surface area contributed by atoms with E-state index < -0.39 is 16.1 Å². The van der Waals surface area contributed by atoms with E-state index in [1.165, 1.54) is 36.2 Å². The Balaban J connectivity index is 1.49. The molecule has 0 bridgehead atoms. The van der Waals surface area contributed by atoms with Gasteiger partial charge in [0.05, 0.1) is 16.8 Å². The van der Waals surface area contributed by atoms with Crippen LogP contribution in [0.1, 0.15) is 34.4 Å². The van der Waals surface area contributed by atoms with Crippen LogP contribution in [0.15, 0.2) is 41.5 Å². The molecule has 1 aliphatic heterocycles. The summed E-state index contributed by atoms with van der Waals surface area (Å²) in [5, 5.41) is 9.30. The SMILES string of the molecule is CN(C)C(=O)[C@]12C[C@H]1[C@]1(Cc3ccc(/C=C(\F)c4ccc(C#N)cn4)cc31)N=C(N)S2. The molecular weight excluding hydrogens is 413 g/mol. The monoisotopic (exact) mass is 433 g/mol. The number of nitrogens with two attached hydrogens (primary N) is 1. The highest BCUT2D eigenvalue weighted by atomic mass is 32.2. The molecule has 0 unspecified atom stereocenters. The average Bonchev–Trinajstić information content (AvgIpc) is 3.49. The van der Waals surface area contributed by atoms with E-state index >= 15 is 0 Å². The Morgan fingerprint density at radius 3 is 2.87 bits per heavy atom. The van der Waals surface area contributed by atoms with Gasteiger partial charge in [-0.05, 0) is 47.4 Å². The first-order chi connectivity index (χ1) is 14.8. The lowest BCUT2D eigenvalue weighted by atomic mass is 9.66. The van der Waals surface area contributed by atoms with Gasteiger partial charge in [0.15, 0.2) is 5.17 Å². The number of aliphatic imine (C=N–C) groups is 1. The smallest absolute Gasteiger partial charge is 0.239 e. The first-order valence-corrected chi connectivity index (χ1v) is 10.7. The summed E-state index contributed by atoms with van der Waals surface area (Å²) in [6, 6.07) is 10.8. The van der Waals surface area contributed by atoms with Crippen LogP contribution >= 0.6 is 11.8 Å². The lowest BCUT2D eigenvalue weighted by molar-refractivity contribution is -0.129. The van der Waals surface area contributed by atoms with Gasteiger partial charge in [-0.3, -0.25) is 14.8 Å². The third-order valence-electron chi connectivity index (χ3n) is 6.34. The molecule has 5 rings (SSSR count). The van der Waals surface area contributed by atoms with E-state index in [1.54, 1.807) is 19.0 Å². The minimum Gasteiger partial charge on any atom is -0.378 e. The number of aromatic nitrogens is 1. The maximum Gasteiger partial charge on any atom is 0.239 e. The second kappa shape index (κ2) is 6.66. The van der Waals surface area contributed by atoms with E-state index in [0.717, 1.165) is 24.0 Å². The van der Waals surface area contributed by atoms with E-state index in [0.29, 0.717) is 16.3 Å². The number of amidine groups is 1. The zero-order valence-corrected chi connectivity index (χ0v) is 17.9. The highest BCUT2D eigenvalue weighted by molar-refractivity contribution is 8.15. The Bertz CT molecular complexity index is 1220. The number of hydrogen-bond acceptors (Lipinski definition) is 6. The standard InChI is InChI=1S/C23H20FN5OS/c1-29(2)20(30)23-10-19(23)22(28-21(26)31-23)9-15-5-3-13(7-16(15)22)8-17(24)18-6-4-14(11-25)12-27-18/h3-8,12,19H,9-10H2,1-2H3,(H2,26,28)/b17-8-/t19-,22+,23-/m0/s1. The van der Waals surface area contributed by atoms with Crippen molar-refractivity contribution in [2.45, 2.75) is 23.1 Å². The Hall–Kier alpha value is -3.18. The molecule has 1 amide bonds. The van der Waals surface area contributed by atoms with Crippen LogP contribution in [0.3, 0.4) is 0 Å². The van der Waals surface area contributed by atoms with Crippen LogP contribution in [0.2, 0.25) is 0 Å². The fraction of sp³-hybridized carbons (Fsp3) is 0.304. The largest absolute Gasteiger partial charge is 0.378 e. The number of carbonyl (C=O) groups excluding carboxylic acids is 1. The van der Waals surface area contributed by atoms with Gasteiger partial charge in [0.1, 0.15) is 16.6 Å². The van der Waals surface area contributed by atoms with Crippen LogP contribution in [0, 0.1) is 17.2 Å². The number of pyridine rings is 1. The van der Waals surface area contributed by atoms with Gasteiger partial charge in [0.25, 0.3) is 0 Å². The van der Waals surface area contributed by atoms with Crippen molar-refractivity contribution in [2.24, 2.45) is 16.6 Å². The van der Waals surface area contributed by atoms with E-state index in [9.17, 15) is 9.18 Å².